The fraction of sp³-hybridized carbons (Fsp3) is 1.00. The molecule has 1 fully saturated rings. The van der Waals surface area contributed by atoms with Crippen LogP contribution in [0, 0.1) is 0 Å². The maximum absolute atomic E-state index is 10.7. The van der Waals surface area contributed by atoms with E-state index in [9.17, 15) is 5.11 Å². The van der Waals surface area contributed by atoms with Crippen LogP contribution >= 0.6 is 0 Å². The van der Waals surface area contributed by atoms with E-state index in [1.807, 2.05) is 0 Å². The molecule has 0 saturated carbocycles. The SMILES string of the molecule is [O]C1C[C@H](O)[C@@H](O)[C@@H](CO)O1. The minimum Gasteiger partial charge on any atom is -0.394 e. The molecule has 1 saturated heterocycles. The van der Waals surface area contributed by atoms with Crippen LogP contribution in [0.5, 0.6) is 0 Å². The lowest BCUT2D eigenvalue weighted by Gasteiger charge is -2.32. The van der Waals surface area contributed by atoms with Crippen molar-refractivity contribution in [3.05, 3.63) is 0 Å². The van der Waals surface area contributed by atoms with Crippen molar-refractivity contribution in [1.82, 2.24) is 0 Å². The lowest BCUT2D eigenvalue weighted by molar-refractivity contribution is -0.258. The van der Waals surface area contributed by atoms with Crippen LogP contribution in [0.3, 0.4) is 0 Å². The van der Waals surface area contributed by atoms with Crippen LogP contribution in [-0.2, 0) is 9.84 Å². The van der Waals surface area contributed by atoms with Crippen molar-refractivity contribution in [3.8, 4) is 0 Å². The van der Waals surface area contributed by atoms with Crippen LogP contribution in [0.2, 0.25) is 0 Å². The fourth-order valence-electron chi connectivity index (χ4n) is 1.07. The van der Waals surface area contributed by atoms with Gasteiger partial charge < -0.3 is 20.1 Å². The molecule has 0 amide bonds. The van der Waals surface area contributed by atoms with Crippen molar-refractivity contribution in [2.24, 2.45) is 0 Å². The molecule has 0 aromatic rings. The zero-order chi connectivity index (χ0) is 8.43. The van der Waals surface area contributed by atoms with Crippen molar-refractivity contribution in [2.45, 2.75) is 31.0 Å². The summed E-state index contributed by atoms with van der Waals surface area (Å²) in [4.78, 5) is 0. The third kappa shape index (κ3) is 1.88. The molecule has 1 aliphatic heterocycles. The molecule has 0 bridgehead atoms. The quantitative estimate of drug-likeness (QED) is 0.427. The highest BCUT2D eigenvalue weighted by Gasteiger charge is 2.35. The molecule has 5 heteroatoms. The Labute approximate surface area is 63.8 Å². The summed E-state index contributed by atoms with van der Waals surface area (Å²) in [6.45, 7) is -0.447. The molecule has 1 rings (SSSR count). The van der Waals surface area contributed by atoms with Crippen LogP contribution in [0.4, 0.5) is 0 Å². The summed E-state index contributed by atoms with van der Waals surface area (Å²) < 4.78 is 4.60. The molecule has 5 nitrogen and oxygen atoms in total. The molecule has 0 aromatic carbocycles. The highest BCUT2D eigenvalue weighted by molar-refractivity contribution is 4.81. The zero-order valence-electron chi connectivity index (χ0n) is 5.88. The predicted molar refractivity (Wildman–Crippen MR) is 33.1 cm³/mol. The van der Waals surface area contributed by atoms with Gasteiger partial charge in [-0.1, -0.05) is 0 Å². The van der Waals surface area contributed by atoms with Crippen LogP contribution in [-0.4, -0.2) is 46.5 Å². The first kappa shape index (κ1) is 8.89. The Kier molecular flexibility index (Phi) is 2.80. The molecule has 1 heterocycles. The van der Waals surface area contributed by atoms with E-state index in [-0.39, 0.29) is 6.42 Å². The van der Waals surface area contributed by atoms with E-state index in [1.165, 1.54) is 0 Å². The predicted octanol–water partition coefficient (Wildman–Crippen LogP) is -1.75. The Morgan fingerprint density at radius 2 is 2.09 bits per heavy atom. The Morgan fingerprint density at radius 3 is 2.64 bits per heavy atom. The second kappa shape index (κ2) is 3.46. The molecule has 0 aliphatic carbocycles. The van der Waals surface area contributed by atoms with E-state index in [0.717, 1.165) is 0 Å². The van der Waals surface area contributed by atoms with E-state index < -0.39 is 31.2 Å². The number of aliphatic hydroxyl groups is 3. The second-order valence-electron chi connectivity index (χ2n) is 2.58. The molecule has 4 atom stereocenters. The summed E-state index contributed by atoms with van der Waals surface area (Å²) in [7, 11) is 0. The van der Waals surface area contributed by atoms with Gasteiger partial charge in [0.2, 0.25) is 0 Å². The van der Waals surface area contributed by atoms with Crippen molar-refractivity contribution < 1.29 is 25.2 Å². The van der Waals surface area contributed by atoms with Crippen LogP contribution in [0.25, 0.3) is 0 Å². The summed E-state index contributed by atoms with van der Waals surface area (Å²) in [6.07, 6.45) is -4.64. The highest BCUT2D eigenvalue weighted by atomic mass is 16.6. The van der Waals surface area contributed by atoms with Crippen LogP contribution < -0.4 is 0 Å². The lowest BCUT2D eigenvalue weighted by atomic mass is 10.0. The smallest absolute Gasteiger partial charge is 0.194 e. The van der Waals surface area contributed by atoms with E-state index in [1.54, 1.807) is 0 Å². The largest absolute Gasteiger partial charge is 0.394 e. The maximum atomic E-state index is 10.7. The summed E-state index contributed by atoms with van der Waals surface area (Å²) in [5.41, 5.74) is 0. The number of hydrogen-bond acceptors (Lipinski definition) is 4. The Bertz CT molecular complexity index is 128. The van der Waals surface area contributed by atoms with E-state index in [4.69, 9.17) is 15.3 Å². The summed E-state index contributed by atoms with van der Waals surface area (Å²) in [5, 5.41) is 37.3. The van der Waals surface area contributed by atoms with Gasteiger partial charge in [0.05, 0.1) is 12.7 Å². The first-order chi connectivity index (χ1) is 5.15. The first-order valence-corrected chi connectivity index (χ1v) is 3.43. The average Bonchev–Trinajstić information content (AvgIpc) is 1.96. The van der Waals surface area contributed by atoms with Crippen molar-refractivity contribution >= 4 is 0 Å². The highest BCUT2D eigenvalue weighted by Crippen LogP contribution is 2.18. The number of rotatable bonds is 1. The molecule has 65 valence electrons. The number of aliphatic hydroxyl groups excluding tert-OH is 3. The van der Waals surface area contributed by atoms with Gasteiger partial charge in [0.25, 0.3) is 0 Å². The van der Waals surface area contributed by atoms with Gasteiger partial charge in [-0.25, -0.2) is 5.11 Å². The van der Waals surface area contributed by atoms with Gasteiger partial charge in [-0.05, 0) is 0 Å². The Morgan fingerprint density at radius 1 is 1.45 bits per heavy atom. The standard InChI is InChI=1S/C6H11O5/c7-2-4-6(10)3(8)1-5(9)11-4/h3-8,10H,1-2H2/t3-,4+,5?,6+/m0/s1. The molecule has 1 radical (unpaired) electrons. The molecule has 1 unspecified atom stereocenters. The molecule has 11 heavy (non-hydrogen) atoms. The maximum Gasteiger partial charge on any atom is 0.194 e. The molecule has 1 aliphatic rings. The molecular formula is C6H11O5. The topological polar surface area (TPSA) is 89.8 Å². The third-order valence-electron chi connectivity index (χ3n) is 1.72. The lowest BCUT2D eigenvalue weighted by Crippen LogP contribution is -2.49. The summed E-state index contributed by atoms with van der Waals surface area (Å²) >= 11 is 0. The third-order valence-corrected chi connectivity index (χ3v) is 1.72. The molecule has 0 spiro atoms. The van der Waals surface area contributed by atoms with Gasteiger partial charge >= 0.3 is 0 Å². The fourth-order valence-corrected chi connectivity index (χ4v) is 1.07. The van der Waals surface area contributed by atoms with Crippen molar-refractivity contribution in [1.29, 1.82) is 0 Å². The average molecular weight is 163 g/mol. The normalized spacial score (nSPS) is 45.8. The van der Waals surface area contributed by atoms with Gasteiger partial charge in [-0.3, -0.25) is 0 Å². The first-order valence-electron chi connectivity index (χ1n) is 3.43. The molecular weight excluding hydrogens is 152 g/mol. The summed E-state index contributed by atoms with van der Waals surface area (Å²) in [5.74, 6) is 0. The van der Waals surface area contributed by atoms with Gasteiger partial charge in [-0.15, -0.1) is 0 Å². The van der Waals surface area contributed by atoms with Gasteiger partial charge in [0.1, 0.15) is 12.2 Å². The number of hydrogen-bond donors (Lipinski definition) is 3. The molecule has 3 N–H and O–H groups in total. The monoisotopic (exact) mass is 163 g/mol. The van der Waals surface area contributed by atoms with Gasteiger partial charge in [0, 0.05) is 6.42 Å². The minimum absolute atomic E-state index is 0.127. The molecule has 0 aromatic heterocycles. The number of ether oxygens (including phenoxy) is 1. The van der Waals surface area contributed by atoms with Gasteiger partial charge in [0.15, 0.2) is 6.29 Å². The zero-order valence-corrected chi connectivity index (χ0v) is 5.88. The summed E-state index contributed by atoms with van der Waals surface area (Å²) in [6, 6.07) is 0. The van der Waals surface area contributed by atoms with E-state index in [2.05, 4.69) is 4.74 Å². The van der Waals surface area contributed by atoms with Crippen LogP contribution in [0.15, 0.2) is 0 Å². The Hall–Kier alpha value is -0.200. The second-order valence-corrected chi connectivity index (χ2v) is 2.58. The van der Waals surface area contributed by atoms with Crippen molar-refractivity contribution in [3.63, 3.8) is 0 Å². The van der Waals surface area contributed by atoms with Gasteiger partial charge in [-0.2, -0.15) is 0 Å². The van der Waals surface area contributed by atoms with Crippen LogP contribution in [0.1, 0.15) is 6.42 Å². The Balaban J connectivity index is 2.51. The van der Waals surface area contributed by atoms with E-state index in [0.29, 0.717) is 0 Å². The van der Waals surface area contributed by atoms with Crippen molar-refractivity contribution in [2.75, 3.05) is 6.61 Å². The minimum atomic E-state index is -1.34. The van der Waals surface area contributed by atoms with E-state index >= 15 is 0 Å².